The van der Waals surface area contributed by atoms with Gasteiger partial charge in [-0.2, -0.15) is 0 Å². The van der Waals surface area contributed by atoms with Crippen LogP contribution < -0.4 is 16.0 Å². The molecule has 1 atom stereocenters. The van der Waals surface area contributed by atoms with Gasteiger partial charge in [-0.15, -0.1) is 0 Å². The smallest absolute Gasteiger partial charge is 0.271 e. The Morgan fingerprint density at radius 1 is 1.50 bits per heavy atom. The molecule has 1 aromatic heterocycles. The molecular formula is C14H23N5O. The zero-order valence-corrected chi connectivity index (χ0v) is 12.0. The van der Waals surface area contributed by atoms with Gasteiger partial charge >= 0.3 is 0 Å². The van der Waals surface area contributed by atoms with Crippen LogP contribution in [0.3, 0.4) is 0 Å². The number of nitrogens with two attached hydrogens (primary N) is 1. The van der Waals surface area contributed by atoms with E-state index in [0.29, 0.717) is 11.9 Å². The maximum atomic E-state index is 11.5. The molecule has 110 valence electrons. The second-order valence-electron chi connectivity index (χ2n) is 5.19. The van der Waals surface area contributed by atoms with Crippen molar-refractivity contribution in [2.75, 3.05) is 24.5 Å². The van der Waals surface area contributed by atoms with Gasteiger partial charge in [0.2, 0.25) is 0 Å². The number of nitrogens with zero attached hydrogens (tertiary/aromatic N) is 3. The van der Waals surface area contributed by atoms with Crippen molar-refractivity contribution in [1.29, 1.82) is 0 Å². The van der Waals surface area contributed by atoms with Gasteiger partial charge in [0.15, 0.2) is 11.5 Å². The van der Waals surface area contributed by atoms with Gasteiger partial charge < -0.3 is 16.0 Å². The minimum atomic E-state index is -0.519. The van der Waals surface area contributed by atoms with Crippen LogP contribution in [0.2, 0.25) is 0 Å². The Labute approximate surface area is 119 Å². The number of hydrogen-bond donors (Lipinski definition) is 2. The van der Waals surface area contributed by atoms with Crippen LogP contribution in [0.1, 0.15) is 43.1 Å². The predicted molar refractivity (Wildman–Crippen MR) is 78.7 cm³/mol. The number of nitrogens with one attached hydrogen (secondary N) is 1. The second-order valence-corrected chi connectivity index (χ2v) is 5.19. The largest absolute Gasteiger partial charge is 0.364 e. The molecular weight excluding hydrogens is 254 g/mol. The van der Waals surface area contributed by atoms with E-state index in [1.807, 2.05) is 0 Å². The van der Waals surface area contributed by atoms with Gasteiger partial charge in [0.25, 0.3) is 5.91 Å². The third-order valence-electron chi connectivity index (χ3n) is 3.60. The third kappa shape index (κ3) is 3.66. The number of anilines is 1. The molecule has 6 nitrogen and oxygen atoms in total. The molecule has 1 saturated heterocycles. The summed E-state index contributed by atoms with van der Waals surface area (Å²) >= 11 is 0. The molecule has 2 heterocycles. The summed E-state index contributed by atoms with van der Waals surface area (Å²) in [6.45, 7) is 4.93. The van der Waals surface area contributed by atoms with E-state index >= 15 is 0 Å². The Morgan fingerprint density at radius 2 is 2.30 bits per heavy atom. The summed E-state index contributed by atoms with van der Waals surface area (Å²) in [6.07, 6.45) is 7.64. The molecule has 2 rings (SSSR count). The summed E-state index contributed by atoms with van der Waals surface area (Å²) in [6, 6.07) is 0.453. The fourth-order valence-corrected chi connectivity index (χ4v) is 2.55. The van der Waals surface area contributed by atoms with Crippen LogP contribution in [0.25, 0.3) is 0 Å². The van der Waals surface area contributed by atoms with Crippen molar-refractivity contribution in [3.05, 3.63) is 18.1 Å². The van der Waals surface area contributed by atoms with Crippen LogP contribution in [0.4, 0.5) is 5.82 Å². The predicted octanol–water partition coefficient (Wildman–Crippen LogP) is 0.934. The number of primary amides is 1. The lowest BCUT2D eigenvalue weighted by molar-refractivity contribution is 0.0995. The lowest BCUT2D eigenvalue weighted by Crippen LogP contribution is -2.39. The van der Waals surface area contributed by atoms with Crippen molar-refractivity contribution in [2.24, 2.45) is 5.73 Å². The van der Waals surface area contributed by atoms with Gasteiger partial charge in [-0.25, -0.2) is 9.97 Å². The van der Waals surface area contributed by atoms with Crippen molar-refractivity contribution < 1.29 is 4.79 Å². The van der Waals surface area contributed by atoms with Crippen LogP contribution in [-0.4, -0.2) is 41.6 Å². The maximum absolute atomic E-state index is 11.5. The molecule has 1 unspecified atom stereocenters. The normalized spacial score (nSPS) is 18.1. The van der Waals surface area contributed by atoms with E-state index in [9.17, 15) is 4.79 Å². The van der Waals surface area contributed by atoms with E-state index in [2.05, 4.69) is 27.1 Å². The van der Waals surface area contributed by atoms with Crippen LogP contribution in [0.15, 0.2) is 12.4 Å². The van der Waals surface area contributed by atoms with Crippen LogP contribution in [0.5, 0.6) is 0 Å². The molecule has 1 aromatic rings. The first-order chi connectivity index (χ1) is 9.72. The van der Waals surface area contributed by atoms with Crippen molar-refractivity contribution in [3.63, 3.8) is 0 Å². The number of unbranched alkanes of at least 4 members (excludes halogenated alkanes) is 1. The van der Waals surface area contributed by atoms with Gasteiger partial charge in [0.05, 0.1) is 0 Å². The molecule has 0 aliphatic carbocycles. The van der Waals surface area contributed by atoms with E-state index < -0.39 is 5.91 Å². The minimum absolute atomic E-state index is 0.265. The first-order valence-corrected chi connectivity index (χ1v) is 7.31. The summed E-state index contributed by atoms with van der Waals surface area (Å²) in [5.41, 5.74) is 5.67. The molecule has 0 radical (unpaired) electrons. The minimum Gasteiger partial charge on any atom is -0.364 e. The summed E-state index contributed by atoms with van der Waals surface area (Å²) in [4.78, 5) is 22.1. The molecule has 0 spiro atoms. The average Bonchev–Trinajstić information content (AvgIpc) is 2.96. The first kappa shape index (κ1) is 14.7. The van der Waals surface area contributed by atoms with E-state index in [4.69, 9.17) is 5.73 Å². The number of carbonyl (C=O) groups is 1. The third-order valence-corrected chi connectivity index (χ3v) is 3.60. The molecule has 1 aliphatic rings. The molecule has 20 heavy (non-hydrogen) atoms. The highest BCUT2D eigenvalue weighted by molar-refractivity contribution is 5.95. The van der Waals surface area contributed by atoms with Gasteiger partial charge in [0.1, 0.15) is 0 Å². The number of rotatable bonds is 7. The average molecular weight is 277 g/mol. The van der Waals surface area contributed by atoms with E-state index in [0.717, 1.165) is 38.9 Å². The molecule has 0 bridgehead atoms. The summed E-state index contributed by atoms with van der Waals surface area (Å²) in [5.74, 6) is 0.0936. The Hall–Kier alpha value is -1.69. The van der Waals surface area contributed by atoms with E-state index in [1.165, 1.54) is 12.6 Å². The number of hydrogen-bond acceptors (Lipinski definition) is 5. The van der Waals surface area contributed by atoms with Gasteiger partial charge in [-0.1, -0.05) is 13.3 Å². The first-order valence-electron chi connectivity index (χ1n) is 7.31. The van der Waals surface area contributed by atoms with Crippen molar-refractivity contribution in [3.8, 4) is 0 Å². The molecule has 1 amide bonds. The standard InChI is InChI=1S/C14H23N5O/c1-2-3-9-19(10-11-5-4-6-16-11)14-12(13(15)20)17-7-8-18-14/h7-8,11,16H,2-6,9-10H2,1H3,(H2,15,20). The Morgan fingerprint density at radius 3 is 2.95 bits per heavy atom. The monoisotopic (exact) mass is 277 g/mol. The van der Waals surface area contributed by atoms with Crippen molar-refractivity contribution >= 4 is 11.7 Å². The highest BCUT2D eigenvalue weighted by Gasteiger charge is 2.22. The second kappa shape index (κ2) is 7.19. The molecule has 3 N–H and O–H groups in total. The number of amides is 1. The summed E-state index contributed by atoms with van der Waals surface area (Å²) in [7, 11) is 0. The van der Waals surface area contributed by atoms with Gasteiger partial charge in [-0.05, 0) is 25.8 Å². The Bertz CT molecular complexity index is 445. The number of aromatic nitrogens is 2. The van der Waals surface area contributed by atoms with E-state index in [-0.39, 0.29) is 5.69 Å². The lowest BCUT2D eigenvalue weighted by Gasteiger charge is -2.27. The SMILES string of the molecule is CCCCN(CC1CCCN1)c1nccnc1C(N)=O. The number of carbonyl (C=O) groups excluding carboxylic acids is 1. The van der Waals surface area contributed by atoms with E-state index in [1.54, 1.807) is 6.20 Å². The zero-order valence-electron chi connectivity index (χ0n) is 12.0. The molecule has 0 saturated carbocycles. The fourth-order valence-electron chi connectivity index (χ4n) is 2.55. The Kier molecular flexibility index (Phi) is 5.29. The highest BCUT2D eigenvalue weighted by atomic mass is 16.1. The van der Waals surface area contributed by atoms with Crippen LogP contribution in [0, 0.1) is 0 Å². The van der Waals surface area contributed by atoms with Gasteiger partial charge in [0, 0.05) is 31.5 Å². The highest BCUT2D eigenvalue weighted by Crippen LogP contribution is 2.18. The molecule has 1 fully saturated rings. The van der Waals surface area contributed by atoms with Crippen LogP contribution >= 0.6 is 0 Å². The van der Waals surface area contributed by atoms with Crippen molar-refractivity contribution in [1.82, 2.24) is 15.3 Å². The molecule has 0 aromatic carbocycles. The molecule has 6 heteroatoms. The topological polar surface area (TPSA) is 84.1 Å². The molecule has 1 aliphatic heterocycles. The lowest BCUT2D eigenvalue weighted by atomic mass is 10.2. The van der Waals surface area contributed by atoms with Crippen LogP contribution in [-0.2, 0) is 0 Å². The maximum Gasteiger partial charge on any atom is 0.271 e. The van der Waals surface area contributed by atoms with Crippen molar-refractivity contribution in [2.45, 2.75) is 38.6 Å². The Balaban J connectivity index is 2.18. The summed E-state index contributed by atoms with van der Waals surface area (Å²) < 4.78 is 0. The quantitative estimate of drug-likeness (QED) is 0.774. The van der Waals surface area contributed by atoms with Gasteiger partial charge in [-0.3, -0.25) is 4.79 Å². The zero-order chi connectivity index (χ0) is 14.4. The summed E-state index contributed by atoms with van der Waals surface area (Å²) in [5, 5.41) is 3.48. The fraction of sp³-hybridized carbons (Fsp3) is 0.643.